The van der Waals surface area contributed by atoms with Crippen LogP contribution in [0, 0.1) is 0 Å². The number of rotatable bonds is 6. The summed E-state index contributed by atoms with van der Waals surface area (Å²) in [7, 11) is 0. The number of halogens is 4. The summed E-state index contributed by atoms with van der Waals surface area (Å²) in [5.41, 5.74) is 0.864. The minimum atomic E-state index is -4.25. The second-order valence-corrected chi connectivity index (χ2v) is 5.31. The summed E-state index contributed by atoms with van der Waals surface area (Å²) in [4.78, 5) is 5.39. The van der Waals surface area contributed by atoms with Crippen LogP contribution in [0.4, 0.5) is 19.0 Å². The van der Waals surface area contributed by atoms with Crippen molar-refractivity contribution in [3.8, 4) is 0 Å². The SMILES string of the molecule is CCNCc1cnc(N(CC(F)(F)F)C2CC2)c(Cl)c1. The lowest BCUT2D eigenvalue weighted by atomic mass is 10.2. The van der Waals surface area contributed by atoms with Crippen LogP contribution < -0.4 is 10.2 Å². The number of hydrogen-bond acceptors (Lipinski definition) is 3. The van der Waals surface area contributed by atoms with Crippen LogP contribution in [0.3, 0.4) is 0 Å². The third-order valence-corrected chi connectivity index (χ3v) is 3.34. The molecule has 1 aromatic rings. The summed E-state index contributed by atoms with van der Waals surface area (Å²) >= 11 is 6.10. The van der Waals surface area contributed by atoms with E-state index in [1.165, 1.54) is 4.90 Å². The lowest BCUT2D eigenvalue weighted by Gasteiger charge is -2.25. The summed E-state index contributed by atoms with van der Waals surface area (Å²) in [6.07, 6.45) is -1.16. The Balaban J connectivity index is 2.16. The molecule has 0 unspecified atom stereocenters. The topological polar surface area (TPSA) is 28.2 Å². The van der Waals surface area contributed by atoms with Crippen LogP contribution in [-0.2, 0) is 6.54 Å². The van der Waals surface area contributed by atoms with Crippen molar-refractivity contribution in [2.45, 2.75) is 38.5 Å². The van der Waals surface area contributed by atoms with Gasteiger partial charge in [0, 0.05) is 18.8 Å². The molecule has 0 atom stereocenters. The number of pyridine rings is 1. The van der Waals surface area contributed by atoms with E-state index >= 15 is 0 Å². The van der Waals surface area contributed by atoms with Crippen molar-refractivity contribution in [2.75, 3.05) is 18.0 Å². The first kappa shape index (κ1) is 15.4. The molecule has 20 heavy (non-hydrogen) atoms. The summed E-state index contributed by atoms with van der Waals surface area (Å²) in [6.45, 7) is 2.38. The molecule has 1 fully saturated rings. The molecule has 0 aromatic carbocycles. The highest BCUT2D eigenvalue weighted by Crippen LogP contribution is 2.36. The van der Waals surface area contributed by atoms with Crippen molar-refractivity contribution < 1.29 is 13.2 Å². The Morgan fingerprint density at radius 3 is 2.65 bits per heavy atom. The van der Waals surface area contributed by atoms with E-state index in [0.29, 0.717) is 6.54 Å². The summed E-state index contributed by atoms with van der Waals surface area (Å²) < 4.78 is 37.9. The Morgan fingerprint density at radius 2 is 2.15 bits per heavy atom. The Morgan fingerprint density at radius 1 is 1.45 bits per heavy atom. The highest BCUT2D eigenvalue weighted by Gasteiger charge is 2.39. The Kier molecular flexibility index (Phi) is 4.75. The molecule has 0 radical (unpaired) electrons. The molecule has 0 bridgehead atoms. The normalized spacial score (nSPS) is 15.4. The average Bonchev–Trinajstić information content (AvgIpc) is 3.17. The molecular weight excluding hydrogens is 291 g/mol. The van der Waals surface area contributed by atoms with Gasteiger partial charge >= 0.3 is 6.18 Å². The van der Waals surface area contributed by atoms with Gasteiger partial charge in [0.05, 0.1) is 5.02 Å². The van der Waals surface area contributed by atoms with Crippen molar-refractivity contribution in [1.29, 1.82) is 0 Å². The molecule has 3 nitrogen and oxygen atoms in total. The van der Waals surface area contributed by atoms with Gasteiger partial charge < -0.3 is 10.2 Å². The highest BCUT2D eigenvalue weighted by atomic mass is 35.5. The van der Waals surface area contributed by atoms with Gasteiger partial charge in [0.25, 0.3) is 0 Å². The first-order chi connectivity index (χ1) is 9.40. The maximum atomic E-state index is 12.6. The summed E-state index contributed by atoms with van der Waals surface area (Å²) in [6, 6.07) is 1.58. The molecule has 1 aliphatic rings. The van der Waals surface area contributed by atoms with E-state index < -0.39 is 12.7 Å². The van der Waals surface area contributed by atoms with Gasteiger partial charge in [-0.25, -0.2) is 4.98 Å². The lowest BCUT2D eigenvalue weighted by Crippen LogP contribution is -2.36. The van der Waals surface area contributed by atoms with Crippen molar-refractivity contribution in [2.24, 2.45) is 0 Å². The number of anilines is 1. The second kappa shape index (κ2) is 6.18. The molecule has 0 aliphatic heterocycles. The molecule has 1 aromatic heterocycles. The van der Waals surface area contributed by atoms with E-state index in [1.807, 2.05) is 6.92 Å². The minimum Gasteiger partial charge on any atom is -0.343 e. The largest absolute Gasteiger partial charge is 0.405 e. The van der Waals surface area contributed by atoms with Crippen molar-refractivity contribution in [3.63, 3.8) is 0 Å². The predicted octanol–water partition coefficient (Wildman–Crippen LogP) is 3.38. The van der Waals surface area contributed by atoms with Gasteiger partial charge in [0.2, 0.25) is 0 Å². The third kappa shape index (κ3) is 4.24. The molecule has 0 saturated heterocycles. The fourth-order valence-electron chi connectivity index (χ4n) is 2.00. The number of nitrogens with zero attached hydrogens (tertiary/aromatic N) is 2. The Labute approximate surface area is 121 Å². The van der Waals surface area contributed by atoms with Gasteiger partial charge in [-0.1, -0.05) is 18.5 Å². The molecule has 7 heteroatoms. The first-order valence-corrected chi connectivity index (χ1v) is 6.97. The summed E-state index contributed by atoms with van der Waals surface area (Å²) in [5.74, 6) is 0.228. The zero-order chi connectivity index (χ0) is 14.8. The van der Waals surface area contributed by atoms with Crippen LogP contribution in [0.2, 0.25) is 5.02 Å². The molecule has 0 spiro atoms. The molecule has 0 amide bonds. The third-order valence-electron chi connectivity index (χ3n) is 3.07. The van der Waals surface area contributed by atoms with Crippen LogP contribution in [0.1, 0.15) is 25.3 Å². The highest BCUT2D eigenvalue weighted by molar-refractivity contribution is 6.33. The molecule has 1 saturated carbocycles. The van der Waals surface area contributed by atoms with Crippen LogP contribution in [0.5, 0.6) is 0 Å². The van der Waals surface area contributed by atoms with Crippen molar-refractivity contribution >= 4 is 17.4 Å². The van der Waals surface area contributed by atoms with E-state index in [2.05, 4.69) is 10.3 Å². The average molecular weight is 308 g/mol. The first-order valence-electron chi connectivity index (χ1n) is 6.59. The number of nitrogens with one attached hydrogen (secondary N) is 1. The molecule has 2 rings (SSSR count). The standard InChI is InChI=1S/C13H17ClF3N3/c1-2-18-6-9-5-11(14)12(19-7-9)20(10-3-4-10)8-13(15,16)17/h5,7,10,18H,2-4,6,8H2,1H3. The van der Waals surface area contributed by atoms with Crippen LogP contribution in [-0.4, -0.2) is 30.3 Å². The van der Waals surface area contributed by atoms with Gasteiger partial charge in [-0.2, -0.15) is 13.2 Å². The zero-order valence-corrected chi connectivity index (χ0v) is 11.9. The van der Waals surface area contributed by atoms with Crippen LogP contribution >= 0.6 is 11.6 Å². The lowest BCUT2D eigenvalue weighted by molar-refractivity contribution is -0.120. The molecular formula is C13H17ClF3N3. The van der Waals surface area contributed by atoms with Gasteiger partial charge in [0.1, 0.15) is 12.4 Å². The number of alkyl halides is 3. The van der Waals surface area contributed by atoms with Gasteiger partial charge in [-0.15, -0.1) is 0 Å². The van der Waals surface area contributed by atoms with E-state index in [4.69, 9.17) is 11.6 Å². The minimum absolute atomic E-state index is 0.0961. The second-order valence-electron chi connectivity index (χ2n) is 4.90. The zero-order valence-electron chi connectivity index (χ0n) is 11.2. The Bertz CT molecular complexity index is 461. The monoisotopic (exact) mass is 307 g/mol. The Hall–Kier alpha value is -1.01. The smallest absolute Gasteiger partial charge is 0.343 e. The fourth-order valence-corrected chi connectivity index (χ4v) is 2.30. The molecule has 1 N–H and O–H groups in total. The number of hydrogen-bond donors (Lipinski definition) is 1. The summed E-state index contributed by atoms with van der Waals surface area (Å²) in [5, 5.41) is 3.40. The van der Waals surface area contributed by atoms with Gasteiger partial charge in [-0.3, -0.25) is 0 Å². The van der Waals surface area contributed by atoms with Crippen LogP contribution in [0.25, 0.3) is 0 Å². The molecule has 1 aliphatic carbocycles. The fraction of sp³-hybridized carbons (Fsp3) is 0.615. The number of aromatic nitrogens is 1. The van der Waals surface area contributed by atoms with E-state index in [-0.39, 0.29) is 16.9 Å². The molecule has 1 heterocycles. The van der Waals surface area contributed by atoms with E-state index in [1.54, 1.807) is 12.3 Å². The van der Waals surface area contributed by atoms with E-state index in [9.17, 15) is 13.2 Å². The van der Waals surface area contributed by atoms with Crippen molar-refractivity contribution in [1.82, 2.24) is 10.3 Å². The van der Waals surface area contributed by atoms with Crippen molar-refractivity contribution in [3.05, 3.63) is 22.8 Å². The van der Waals surface area contributed by atoms with Gasteiger partial charge in [-0.05, 0) is 31.0 Å². The van der Waals surface area contributed by atoms with Gasteiger partial charge in [0.15, 0.2) is 0 Å². The van der Waals surface area contributed by atoms with Crippen LogP contribution in [0.15, 0.2) is 12.3 Å². The maximum Gasteiger partial charge on any atom is 0.405 e. The predicted molar refractivity (Wildman–Crippen MR) is 73.1 cm³/mol. The van der Waals surface area contributed by atoms with E-state index in [0.717, 1.165) is 24.9 Å². The quantitative estimate of drug-likeness (QED) is 0.873. The molecule has 112 valence electrons. The maximum absolute atomic E-state index is 12.6.